The first-order valence-corrected chi connectivity index (χ1v) is 6.68. The maximum atomic E-state index is 6.20. The number of methoxy groups -OCH3 is 1. The summed E-state index contributed by atoms with van der Waals surface area (Å²) in [5.41, 5.74) is 11.1. The van der Waals surface area contributed by atoms with Gasteiger partial charge < -0.3 is 15.0 Å². The Hall–Kier alpha value is -1.81. The fourth-order valence-electron chi connectivity index (χ4n) is 2.92. The van der Waals surface area contributed by atoms with Gasteiger partial charge in [0.2, 0.25) is 5.88 Å². The number of ether oxygens (including phenoxy) is 1. The van der Waals surface area contributed by atoms with E-state index in [1.54, 1.807) is 7.11 Å². The average Bonchev–Trinajstić information content (AvgIpc) is 2.77. The van der Waals surface area contributed by atoms with Crippen molar-refractivity contribution in [1.29, 1.82) is 0 Å². The summed E-state index contributed by atoms with van der Waals surface area (Å²) in [6.45, 7) is 2.12. The molecule has 4 heteroatoms. The molecule has 2 aromatic heterocycles. The van der Waals surface area contributed by atoms with E-state index in [-0.39, 0.29) is 6.04 Å². The van der Waals surface area contributed by atoms with E-state index in [1.807, 2.05) is 18.3 Å². The minimum atomic E-state index is 0.176. The van der Waals surface area contributed by atoms with Crippen LogP contribution in [0.2, 0.25) is 0 Å². The molecule has 1 atom stereocenters. The molecule has 4 nitrogen and oxygen atoms in total. The summed E-state index contributed by atoms with van der Waals surface area (Å²) in [4.78, 5) is 4.29. The summed E-state index contributed by atoms with van der Waals surface area (Å²) in [7, 11) is 1.63. The number of nitrogens with two attached hydrogens (primary N) is 1. The van der Waals surface area contributed by atoms with E-state index >= 15 is 0 Å². The molecule has 0 saturated carbocycles. The molecule has 19 heavy (non-hydrogen) atoms. The van der Waals surface area contributed by atoms with Crippen LogP contribution in [0.4, 0.5) is 0 Å². The Morgan fingerprint density at radius 2 is 2.26 bits per heavy atom. The van der Waals surface area contributed by atoms with Crippen LogP contribution in [0.5, 0.6) is 5.88 Å². The number of fused-ring (bicyclic) bond motifs is 1. The largest absolute Gasteiger partial charge is 0.481 e. The van der Waals surface area contributed by atoms with E-state index in [0.717, 1.165) is 24.9 Å². The van der Waals surface area contributed by atoms with Crippen molar-refractivity contribution >= 4 is 0 Å². The Bertz CT molecular complexity index is 586. The normalized spacial score (nSPS) is 18.2. The predicted octanol–water partition coefficient (Wildman–Crippen LogP) is 2.53. The second-order valence-electron chi connectivity index (χ2n) is 5.08. The van der Waals surface area contributed by atoms with E-state index in [1.165, 1.54) is 17.0 Å². The average molecular weight is 257 g/mol. The molecule has 1 aliphatic rings. The molecule has 2 aromatic rings. The summed E-state index contributed by atoms with van der Waals surface area (Å²) < 4.78 is 7.37. The number of rotatable bonds is 2. The number of pyridine rings is 1. The van der Waals surface area contributed by atoms with Gasteiger partial charge in [-0.3, -0.25) is 0 Å². The fourth-order valence-corrected chi connectivity index (χ4v) is 2.92. The Kier molecular flexibility index (Phi) is 3.03. The van der Waals surface area contributed by atoms with Gasteiger partial charge in [-0.15, -0.1) is 0 Å². The van der Waals surface area contributed by atoms with Gasteiger partial charge in [0, 0.05) is 23.5 Å². The molecule has 0 fully saturated rings. The molecule has 0 bridgehead atoms. The van der Waals surface area contributed by atoms with E-state index in [2.05, 4.69) is 22.5 Å². The summed E-state index contributed by atoms with van der Waals surface area (Å²) in [6.07, 6.45) is 5.17. The first kappa shape index (κ1) is 12.2. The topological polar surface area (TPSA) is 53.1 Å². The molecule has 0 aliphatic heterocycles. The molecule has 3 rings (SSSR count). The second-order valence-corrected chi connectivity index (χ2v) is 5.08. The molecule has 1 unspecified atom stereocenters. The van der Waals surface area contributed by atoms with E-state index in [4.69, 9.17) is 10.5 Å². The van der Waals surface area contributed by atoms with Gasteiger partial charge in [0.05, 0.1) is 19.0 Å². The number of nitrogens with zero attached hydrogens (tertiary/aromatic N) is 2. The van der Waals surface area contributed by atoms with Gasteiger partial charge in [0.1, 0.15) is 0 Å². The SMILES string of the molecule is COc1ccc(-n2c(C)cc3c2CCCC3N)cn1. The first-order valence-electron chi connectivity index (χ1n) is 6.68. The molecule has 2 heterocycles. The minimum Gasteiger partial charge on any atom is -0.481 e. The van der Waals surface area contributed by atoms with Gasteiger partial charge in [-0.25, -0.2) is 4.98 Å². The quantitative estimate of drug-likeness (QED) is 0.899. The third-order valence-corrected chi connectivity index (χ3v) is 3.84. The fraction of sp³-hybridized carbons (Fsp3) is 0.400. The zero-order valence-corrected chi connectivity index (χ0v) is 11.4. The molecule has 0 spiro atoms. The predicted molar refractivity (Wildman–Crippen MR) is 74.7 cm³/mol. The Morgan fingerprint density at radius 3 is 2.95 bits per heavy atom. The van der Waals surface area contributed by atoms with Crippen molar-refractivity contribution in [3.05, 3.63) is 41.3 Å². The Balaban J connectivity index is 2.09. The maximum Gasteiger partial charge on any atom is 0.213 e. The maximum absolute atomic E-state index is 6.20. The van der Waals surface area contributed by atoms with E-state index in [0.29, 0.717) is 5.88 Å². The van der Waals surface area contributed by atoms with Crippen molar-refractivity contribution < 1.29 is 4.74 Å². The van der Waals surface area contributed by atoms with E-state index in [9.17, 15) is 0 Å². The molecule has 1 aliphatic carbocycles. The zero-order chi connectivity index (χ0) is 13.4. The van der Waals surface area contributed by atoms with E-state index < -0.39 is 0 Å². The molecule has 0 saturated heterocycles. The molecule has 2 N–H and O–H groups in total. The molecule has 100 valence electrons. The lowest BCUT2D eigenvalue weighted by atomic mass is 9.93. The van der Waals surface area contributed by atoms with Gasteiger partial charge in [-0.1, -0.05) is 0 Å². The number of aryl methyl sites for hydroxylation is 1. The third-order valence-electron chi connectivity index (χ3n) is 3.84. The van der Waals surface area contributed by atoms with Crippen LogP contribution in [0.1, 0.15) is 35.8 Å². The molecular weight excluding hydrogens is 238 g/mol. The Morgan fingerprint density at radius 1 is 1.42 bits per heavy atom. The van der Waals surface area contributed by atoms with Crippen LogP contribution in [-0.4, -0.2) is 16.7 Å². The first-order chi connectivity index (χ1) is 9.20. The monoisotopic (exact) mass is 257 g/mol. The van der Waals surface area contributed by atoms with Crippen LogP contribution in [0, 0.1) is 6.92 Å². The lowest BCUT2D eigenvalue weighted by Crippen LogP contribution is -2.18. The van der Waals surface area contributed by atoms with Crippen LogP contribution < -0.4 is 10.5 Å². The van der Waals surface area contributed by atoms with Gasteiger partial charge in [-0.05, 0) is 43.9 Å². The zero-order valence-electron chi connectivity index (χ0n) is 11.4. The number of hydrogen-bond donors (Lipinski definition) is 1. The van der Waals surface area contributed by atoms with Crippen molar-refractivity contribution in [1.82, 2.24) is 9.55 Å². The molecule has 0 aromatic carbocycles. The second kappa shape index (κ2) is 4.70. The lowest BCUT2D eigenvalue weighted by Gasteiger charge is -2.21. The van der Waals surface area contributed by atoms with Crippen LogP contribution in [0.25, 0.3) is 5.69 Å². The highest BCUT2D eigenvalue weighted by Gasteiger charge is 2.22. The van der Waals surface area contributed by atoms with Gasteiger partial charge in [0.15, 0.2) is 0 Å². The highest BCUT2D eigenvalue weighted by Crippen LogP contribution is 2.32. The Labute approximate surface area is 113 Å². The van der Waals surface area contributed by atoms with Crippen molar-refractivity contribution in [2.45, 2.75) is 32.2 Å². The number of aromatic nitrogens is 2. The van der Waals surface area contributed by atoms with Crippen molar-refractivity contribution in [2.75, 3.05) is 7.11 Å². The van der Waals surface area contributed by atoms with Crippen LogP contribution >= 0.6 is 0 Å². The summed E-state index contributed by atoms with van der Waals surface area (Å²) in [6, 6.07) is 6.32. The molecule has 0 radical (unpaired) electrons. The highest BCUT2D eigenvalue weighted by atomic mass is 16.5. The summed E-state index contributed by atoms with van der Waals surface area (Å²) in [5, 5.41) is 0. The standard InChI is InChI=1S/C15H19N3O/c1-10-8-12-13(16)4-3-5-14(12)18(10)11-6-7-15(19-2)17-9-11/h6-9,13H,3-5,16H2,1-2H3. The van der Waals surface area contributed by atoms with Crippen LogP contribution in [0.15, 0.2) is 24.4 Å². The number of hydrogen-bond acceptors (Lipinski definition) is 3. The minimum absolute atomic E-state index is 0.176. The van der Waals surface area contributed by atoms with Crippen molar-refractivity contribution in [2.24, 2.45) is 5.73 Å². The molecular formula is C15H19N3O. The smallest absolute Gasteiger partial charge is 0.213 e. The van der Waals surface area contributed by atoms with Crippen LogP contribution in [-0.2, 0) is 6.42 Å². The van der Waals surface area contributed by atoms with Gasteiger partial charge in [0.25, 0.3) is 0 Å². The highest BCUT2D eigenvalue weighted by molar-refractivity contribution is 5.43. The van der Waals surface area contributed by atoms with Gasteiger partial charge in [-0.2, -0.15) is 0 Å². The van der Waals surface area contributed by atoms with Crippen molar-refractivity contribution in [3.8, 4) is 11.6 Å². The summed E-state index contributed by atoms with van der Waals surface area (Å²) >= 11 is 0. The molecule has 0 amide bonds. The van der Waals surface area contributed by atoms with Gasteiger partial charge >= 0.3 is 0 Å². The lowest BCUT2D eigenvalue weighted by molar-refractivity contribution is 0.397. The summed E-state index contributed by atoms with van der Waals surface area (Å²) in [5.74, 6) is 0.638. The van der Waals surface area contributed by atoms with Crippen molar-refractivity contribution in [3.63, 3.8) is 0 Å². The third kappa shape index (κ3) is 2.02. The van der Waals surface area contributed by atoms with Crippen LogP contribution in [0.3, 0.4) is 0 Å².